The van der Waals surface area contributed by atoms with Gasteiger partial charge in [-0.2, -0.15) is 0 Å². The van der Waals surface area contributed by atoms with E-state index in [1.54, 1.807) is 12.1 Å². The lowest BCUT2D eigenvalue weighted by atomic mass is 10.1. The van der Waals surface area contributed by atoms with Gasteiger partial charge in [0.25, 0.3) is 0 Å². The quantitative estimate of drug-likeness (QED) is 0.891. The molecule has 0 aliphatic heterocycles. The van der Waals surface area contributed by atoms with Gasteiger partial charge in [-0.15, -0.1) is 0 Å². The van der Waals surface area contributed by atoms with Crippen molar-refractivity contribution in [2.75, 3.05) is 19.3 Å². The minimum atomic E-state index is -0.972. The molecule has 0 amide bonds. The van der Waals surface area contributed by atoms with Crippen molar-refractivity contribution in [3.05, 3.63) is 60.2 Å². The van der Waals surface area contributed by atoms with Crippen LogP contribution in [0.2, 0.25) is 0 Å². The molecule has 2 atom stereocenters. The summed E-state index contributed by atoms with van der Waals surface area (Å²) in [4.78, 5) is 3.02. The summed E-state index contributed by atoms with van der Waals surface area (Å²) in [5.74, 6) is 0.879. The van der Waals surface area contributed by atoms with Gasteiger partial charge in [0.1, 0.15) is 5.75 Å². The van der Waals surface area contributed by atoms with E-state index in [-0.39, 0.29) is 11.8 Å². The van der Waals surface area contributed by atoms with Crippen molar-refractivity contribution in [1.29, 1.82) is 0 Å². The van der Waals surface area contributed by atoms with E-state index in [0.717, 1.165) is 17.0 Å². The van der Waals surface area contributed by atoms with Crippen molar-refractivity contribution in [1.82, 2.24) is 4.90 Å². The van der Waals surface area contributed by atoms with Crippen molar-refractivity contribution in [2.45, 2.75) is 17.9 Å². The predicted octanol–water partition coefficient (Wildman–Crippen LogP) is 3.19. The van der Waals surface area contributed by atoms with Crippen molar-refractivity contribution in [2.24, 2.45) is 0 Å². The highest BCUT2D eigenvalue weighted by atomic mass is 32.2. The first-order valence-electron chi connectivity index (χ1n) is 7.00. The highest BCUT2D eigenvalue weighted by Crippen LogP contribution is 2.22. The van der Waals surface area contributed by atoms with Crippen LogP contribution in [0.4, 0.5) is 0 Å². The summed E-state index contributed by atoms with van der Waals surface area (Å²) < 4.78 is 12.2. The molecule has 112 valence electrons. The first-order valence-corrected chi connectivity index (χ1v) is 8.32. The lowest BCUT2D eigenvalue weighted by molar-refractivity contribution is 0.277. The standard InChI is InChI=1S/C17H21NO2S/c1-14(15-7-6-8-16(19)13-15)18(2)11-12-21(20)17-9-4-3-5-10-17/h3-10,13-14,19H,11-12H2,1-2H3/t14-,21+/m0/s1. The van der Waals surface area contributed by atoms with Crippen LogP contribution in [-0.2, 0) is 10.8 Å². The molecule has 21 heavy (non-hydrogen) atoms. The Morgan fingerprint density at radius 3 is 2.52 bits per heavy atom. The predicted molar refractivity (Wildman–Crippen MR) is 86.9 cm³/mol. The highest BCUT2D eigenvalue weighted by Gasteiger charge is 2.13. The zero-order chi connectivity index (χ0) is 15.2. The van der Waals surface area contributed by atoms with Crippen LogP contribution in [0.3, 0.4) is 0 Å². The minimum absolute atomic E-state index is 0.171. The number of aromatic hydroxyl groups is 1. The fourth-order valence-corrected chi connectivity index (χ4v) is 3.30. The third-order valence-corrected chi connectivity index (χ3v) is 5.00. The number of hydrogen-bond donors (Lipinski definition) is 1. The van der Waals surface area contributed by atoms with E-state index in [4.69, 9.17) is 0 Å². The Morgan fingerprint density at radius 1 is 1.14 bits per heavy atom. The number of nitrogens with zero attached hydrogens (tertiary/aromatic N) is 1. The van der Waals surface area contributed by atoms with Crippen LogP contribution < -0.4 is 0 Å². The lowest BCUT2D eigenvalue weighted by Crippen LogP contribution is -2.27. The van der Waals surface area contributed by atoms with Gasteiger partial charge in [-0.3, -0.25) is 9.11 Å². The third-order valence-electron chi connectivity index (χ3n) is 3.65. The topological polar surface area (TPSA) is 40.5 Å². The molecular weight excluding hydrogens is 282 g/mol. The number of rotatable bonds is 6. The van der Waals surface area contributed by atoms with Crippen LogP contribution in [0, 0.1) is 0 Å². The first kappa shape index (κ1) is 15.7. The summed E-state index contributed by atoms with van der Waals surface area (Å²) in [6, 6.07) is 17.0. The zero-order valence-electron chi connectivity index (χ0n) is 12.4. The summed E-state index contributed by atoms with van der Waals surface area (Å²) >= 11 is 0. The Morgan fingerprint density at radius 2 is 1.86 bits per heavy atom. The molecule has 0 radical (unpaired) electrons. The molecule has 2 aromatic rings. The smallest absolute Gasteiger partial charge is 0.115 e. The second-order valence-corrected chi connectivity index (χ2v) is 6.68. The molecule has 3 nitrogen and oxygen atoms in total. The van der Waals surface area contributed by atoms with Crippen LogP contribution in [0.25, 0.3) is 0 Å². The van der Waals surface area contributed by atoms with Gasteiger partial charge in [0.2, 0.25) is 0 Å². The Balaban J connectivity index is 1.92. The molecule has 0 aliphatic carbocycles. The zero-order valence-corrected chi connectivity index (χ0v) is 13.2. The summed E-state index contributed by atoms with van der Waals surface area (Å²) in [6.07, 6.45) is 0. The average Bonchev–Trinajstić information content (AvgIpc) is 2.52. The van der Waals surface area contributed by atoms with Gasteiger partial charge in [0.15, 0.2) is 0 Å². The summed E-state index contributed by atoms with van der Waals surface area (Å²) in [6.45, 7) is 2.82. The van der Waals surface area contributed by atoms with Crippen molar-refractivity contribution < 1.29 is 9.32 Å². The molecule has 0 bridgehead atoms. The second-order valence-electron chi connectivity index (χ2n) is 5.11. The maximum Gasteiger partial charge on any atom is 0.115 e. The van der Waals surface area contributed by atoms with Gasteiger partial charge in [-0.05, 0) is 43.8 Å². The lowest BCUT2D eigenvalue weighted by Gasteiger charge is -2.25. The number of benzene rings is 2. The van der Waals surface area contributed by atoms with Crippen molar-refractivity contribution >= 4 is 10.8 Å². The first-order chi connectivity index (χ1) is 10.1. The van der Waals surface area contributed by atoms with E-state index in [9.17, 15) is 9.32 Å². The number of phenolic OH excluding ortho intramolecular Hbond substituents is 1. The largest absolute Gasteiger partial charge is 0.508 e. The number of phenols is 1. The van der Waals surface area contributed by atoms with E-state index in [2.05, 4.69) is 11.8 Å². The molecule has 0 spiro atoms. The van der Waals surface area contributed by atoms with E-state index < -0.39 is 10.8 Å². The Labute approximate surface area is 128 Å². The third kappa shape index (κ3) is 4.41. The molecule has 0 saturated heterocycles. The van der Waals surface area contributed by atoms with Gasteiger partial charge in [-0.25, -0.2) is 0 Å². The second kappa shape index (κ2) is 7.38. The van der Waals surface area contributed by atoms with Gasteiger partial charge in [0, 0.05) is 23.2 Å². The molecule has 2 aromatic carbocycles. The maximum absolute atomic E-state index is 12.2. The van der Waals surface area contributed by atoms with Gasteiger partial charge < -0.3 is 5.11 Å². The average molecular weight is 303 g/mol. The monoisotopic (exact) mass is 303 g/mol. The van der Waals surface area contributed by atoms with Gasteiger partial charge >= 0.3 is 0 Å². The molecule has 0 fully saturated rings. The van der Waals surface area contributed by atoms with Crippen LogP contribution >= 0.6 is 0 Å². The molecule has 0 aromatic heterocycles. The molecule has 2 rings (SSSR count). The highest BCUT2D eigenvalue weighted by molar-refractivity contribution is 7.85. The molecule has 0 unspecified atom stereocenters. The number of hydrogen-bond acceptors (Lipinski definition) is 3. The van der Waals surface area contributed by atoms with E-state index in [0.29, 0.717) is 5.75 Å². The van der Waals surface area contributed by atoms with E-state index >= 15 is 0 Å². The van der Waals surface area contributed by atoms with Crippen molar-refractivity contribution in [3.63, 3.8) is 0 Å². The van der Waals surface area contributed by atoms with E-state index in [1.807, 2.05) is 49.5 Å². The van der Waals surface area contributed by atoms with E-state index in [1.165, 1.54) is 0 Å². The van der Waals surface area contributed by atoms with Crippen LogP contribution in [0.15, 0.2) is 59.5 Å². The molecule has 0 saturated carbocycles. The molecule has 1 N–H and O–H groups in total. The fraction of sp³-hybridized carbons (Fsp3) is 0.294. The summed E-state index contributed by atoms with van der Waals surface area (Å²) in [5.41, 5.74) is 1.06. The van der Waals surface area contributed by atoms with Crippen LogP contribution in [0.1, 0.15) is 18.5 Å². The fourth-order valence-electron chi connectivity index (χ4n) is 2.15. The summed E-state index contributed by atoms with van der Waals surface area (Å²) in [7, 11) is 1.04. The molecule has 4 heteroatoms. The van der Waals surface area contributed by atoms with Gasteiger partial charge in [0.05, 0.1) is 10.8 Å². The SMILES string of the molecule is C[C@@H](c1cccc(O)c1)N(C)CC[S@@](=O)c1ccccc1. The van der Waals surface area contributed by atoms with Crippen LogP contribution in [0.5, 0.6) is 5.75 Å². The normalized spacial score (nSPS) is 14.0. The minimum Gasteiger partial charge on any atom is -0.508 e. The Hall–Kier alpha value is -1.65. The van der Waals surface area contributed by atoms with Crippen molar-refractivity contribution in [3.8, 4) is 5.75 Å². The molecule has 0 aliphatic rings. The Bertz CT molecular complexity index is 601. The summed E-state index contributed by atoms with van der Waals surface area (Å²) in [5, 5.41) is 9.54. The Kier molecular flexibility index (Phi) is 5.53. The molecule has 0 heterocycles. The molecular formula is C17H21NO2S. The van der Waals surface area contributed by atoms with Gasteiger partial charge in [-0.1, -0.05) is 30.3 Å². The van der Waals surface area contributed by atoms with Crippen LogP contribution in [-0.4, -0.2) is 33.6 Å². The maximum atomic E-state index is 12.2.